The third-order valence-electron chi connectivity index (χ3n) is 3.58. The summed E-state index contributed by atoms with van der Waals surface area (Å²) in [6.45, 7) is 5.30. The summed E-state index contributed by atoms with van der Waals surface area (Å²) in [6.07, 6.45) is 2.03. The Morgan fingerprint density at radius 3 is 2.80 bits per heavy atom. The topological polar surface area (TPSA) is 39.7 Å². The lowest BCUT2D eigenvalue weighted by atomic mass is 10.1. The molecule has 0 bridgehead atoms. The Hall–Kier alpha value is -1.10. The summed E-state index contributed by atoms with van der Waals surface area (Å²) in [5, 5.41) is 3.47. The minimum atomic E-state index is 0.0912. The van der Waals surface area contributed by atoms with Gasteiger partial charge in [0.15, 0.2) is 0 Å². The van der Waals surface area contributed by atoms with Crippen LogP contribution >= 0.6 is 0 Å². The second-order valence-corrected chi connectivity index (χ2v) is 5.07. The lowest BCUT2D eigenvalue weighted by Gasteiger charge is -2.32. The Bertz CT molecular complexity index is 378. The van der Waals surface area contributed by atoms with Gasteiger partial charge in [-0.05, 0) is 37.1 Å². The van der Waals surface area contributed by atoms with Crippen molar-refractivity contribution in [2.45, 2.75) is 31.9 Å². The molecule has 4 heteroatoms. The van der Waals surface area contributed by atoms with Crippen molar-refractivity contribution < 1.29 is 14.2 Å². The number of hydrogen-bond donors (Lipinski definition) is 1. The summed E-state index contributed by atoms with van der Waals surface area (Å²) in [4.78, 5) is 0. The summed E-state index contributed by atoms with van der Waals surface area (Å²) < 4.78 is 16.7. The van der Waals surface area contributed by atoms with E-state index < -0.39 is 0 Å². The fourth-order valence-electron chi connectivity index (χ4n) is 2.45. The highest BCUT2D eigenvalue weighted by atomic mass is 16.5. The predicted molar refractivity (Wildman–Crippen MR) is 79.3 cm³/mol. The molecule has 1 aromatic rings. The van der Waals surface area contributed by atoms with Crippen molar-refractivity contribution in [1.82, 2.24) is 5.32 Å². The Morgan fingerprint density at radius 1 is 1.30 bits per heavy atom. The highest BCUT2D eigenvalue weighted by Crippen LogP contribution is 2.18. The van der Waals surface area contributed by atoms with Crippen LogP contribution in [0.15, 0.2) is 24.3 Å². The van der Waals surface area contributed by atoms with Gasteiger partial charge in [0.25, 0.3) is 0 Å². The average molecular weight is 279 g/mol. The first-order valence-electron chi connectivity index (χ1n) is 7.39. The van der Waals surface area contributed by atoms with E-state index in [9.17, 15) is 0 Å². The van der Waals surface area contributed by atoms with Crippen LogP contribution in [0.25, 0.3) is 0 Å². The van der Waals surface area contributed by atoms with E-state index in [1.54, 1.807) is 7.11 Å². The van der Waals surface area contributed by atoms with E-state index in [0.717, 1.165) is 38.3 Å². The third-order valence-corrected chi connectivity index (χ3v) is 3.58. The van der Waals surface area contributed by atoms with E-state index in [2.05, 4.69) is 24.4 Å². The number of likely N-dealkylation sites (N-methyl/N-ethyl adjacent to an activating group) is 1. The molecular formula is C16H25NO3. The standard InChI is InChI=1S/C16H25NO3/c1-3-17-15-9-11-19-12-16(15)20-14-6-4-13(5-7-14)8-10-18-2/h4-7,15-17H,3,8-12H2,1-2H3. The molecule has 1 aliphatic heterocycles. The molecule has 2 atom stereocenters. The van der Waals surface area contributed by atoms with Gasteiger partial charge in [0.1, 0.15) is 11.9 Å². The van der Waals surface area contributed by atoms with Gasteiger partial charge in [-0.3, -0.25) is 0 Å². The van der Waals surface area contributed by atoms with Crippen molar-refractivity contribution in [3.05, 3.63) is 29.8 Å². The molecule has 112 valence electrons. The van der Waals surface area contributed by atoms with E-state index in [4.69, 9.17) is 14.2 Å². The molecule has 1 heterocycles. The molecule has 2 unspecified atom stereocenters. The smallest absolute Gasteiger partial charge is 0.137 e. The first-order valence-corrected chi connectivity index (χ1v) is 7.39. The Kier molecular flexibility index (Phi) is 6.30. The Balaban J connectivity index is 1.90. The molecule has 1 N–H and O–H groups in total. The summed E-state index contributed by atoms with van der Waals surface area (Å²) in [7, 11) is 1.72. The Morgan fingerprint density at radius 2 is 2.10 bits per heavy atom. The lowest BCUT2D eigenvalue weighted by molar-refractivity contribution is -0.0143. The highest BCUT2D eigenvalue weighted by Gasteiger charge is 2.26. The normalized spacial score (nSPS) is 22.7. The van der Waals surface area contributed by atoms with Crippen molar-refractivity contribution in [3.63, 3.8) is 0 Å². The first kappa shape index (κ1) is 15.3. The zero-order valence-electron chi connectivity index (χ0n) is 12.4. The second kappa shape index (κ2) is 8.25. The van der Waals surface area contributed by atoms with Gasteiger partial charge in [0.2, 0.25) is 0 Å². The van der Waals surface area contributed by atoms with Crippen LogP contribution in [0.4, 0.5) is 0 Å². The van der Waals surface area contributed by atoms with Crippen LogP contribution < -0.4 is 10.1 Å². The number of rotatable bonds is 7. The molecule has 0 radical (unpaired) electrons. The molecule has 20 heavy (non-hydrogen) atoms. The minimum absolute atomic E-state index is 0.0912. The van der Waals surface area contributed by atoms with Crippen LogP contribution in [-0.2, 0) is 15.9 Å². The minimum Gasteiger partial charge on any atom is -0.486 e. The van der Waals surface area contributed by atoms with Crippen molar-refractivity contribution in [2.75, 3.05) is 33.5 Å². The molecule has 2 rings (SSSR count). The van der Waals surface area contributed by atoms with Gasteiger partial charge in [0.05, 0.1) is 13.2 Å². The van der Waals surface area contributed by atoms with Crippen LogP contribution in [0, 0.1) is 0 Å². The van der Waals surface area contributed by atoms with Gasteiger partial charge < -0.3 is 19.5 Å². The zero-order valence-corrected chi connectivity index (χ0v) is 12.4. The molecule has 0 aliphatic carbocycles. The molecule has 1 fully saturated rings. The second-order valence-electron chi connectivity index (χ2n) is 5.07. The largest absolute Gasteiger partial charge is 0.486 e. The van der Waals surface area contributed by atoms with E-state index >= 15 is 0 Å². The zero-order chi connectivity index (χ0) is 14.2. The number of hydrogen-bond acceptors (Lipinski definition) is 4. The number of ether oxygens (including phenoxy) is 3. The number of benzene rings is 1. The monoisotopic (exact) mass is 279 g/mol. The van der Waals surface area contributed by atoms with E-state index in [0.29, 0.717) is 12.6 Å². The van der Waals surface area contributed by atoms with Gasteiger partial charge in [-0.15, -0.1) is 0 Å². The summed E-state index contributed by atoms with van der Waals surface area (Å²) in [6, 6.07) is 8.63. The SMILES string of the molecule is CCNC1CCOCC1Oc1ccc(CCOC)cc1. The summed E-state index contributed by atoms with van der Waals surface area (Å²) >= 11 is 0. The number of nitrogens with one attached hydrogen (secondary N) is 1. The highest BCUT2D eigenvalue weighted by molar-refractivity contribution is 5.27. The quantitative estimate of drug-likeness (QED) is 0.829. The van der Waals surface area contributed by atoms with Gasteiger partial charge in [0, 0.05) is 19.8 Å². The average Bonchev–Trinajstić information content (AvgIpc) is 2.49. The Labute approximate surface area is 121 Å². The van der Waals surface area contributed by atoms with Crippen LogP contribution in [0.3, 0.4) is 0 Å². The third kappa shape index (κ3) is 4.47. The number of methoxy groups -OCH3 is 1. The van der Waals surface area contributed by atoms with E-state index in [-0.39, 0.29) is 6.10 Å². The molecule has 1 aromatic carbocycles. The van der Waals surface area contributed by atoms with Gasteiger partial charge in [-0.1, -0.05) is 19.1 Å². The maximum absolute atomic E-state index is 6.06. The van der Waals surface area contributed by atoms with E-state index in [1.165, 1.54) is 5.56 Å². The molecular weight excluding hydrogens is 254 g/mol. The molecule has 0 amide bonds. The fourth-order valence-corrected chi connectivity index (χ4v) is 2.45. The fraction of sp³-hybridized carbons (Fsp3) is 0.625. The first-order chi connectivity index (χ1) is 9.83. The maximum atomic E-state index is 6.06. The van der Waals surface area contributed by atoms with Crippen LogP contribution in [0.1, 0.15) is 18.9 Å². The van der Waals surface area contributed by atoms with Gasteiger partial charge in [-0.2, -0.15) is 0 Å². The van der Waals surface area contributed by atoms with Gasteiger partial charge >= 0.3 is 0 Å². The molecule has 0 spiro atoms. The molecule has 0 aromatic heterocycles. The van der Waals surface area contributed by atoms with Crippen molar-refractivity contribution in [3.8, 4) is 5.75 Å². The lowest BCUT2D eigenvalue weighted by Crippen LogP contribution is -2.49. The molecule has 1 saturated heterocycles. The molecule has 4 nitrogen and oxygen atoms in total. The van der Waals surface area contributed by atoms with Crippen LogP contribution in [0.2, 0.25) is 0 Å². The molecule has 0 saturated carbocycles. The van der Waals surface area contributed by atoms with Crippen molar-refractivity contribution in [1.29, 1.82) is 0 Å². The van der Waals surface area contributed by atoms with Crippen LogP contribution in [-0.4, -0.2) is 45.6 Å². The molecule has 1 aliphatic rings. The van der Waals surface area contributed by atoms with Crippen LogP contribution in [0.5, 0.6) is 5.75 Å². The summed E-state index contributed by atoms with van der Waals surface area (Å²) in [5.41, 5.74) is 1.27. The summed E-state index contributed by atoms with van der Waals surface area (Å²) in [5.74, 6) is 0.907. The predicted octanol–water partition coefficient (Wildman–Crippen LogP) is 2.02. The van der Waals surface area contributed by atoms with Gasteiger partial charge in [-0.25, -0.2) is 0 Å². The van der Waals surface area contributed by atoms with Crippen molar-refractivity contribution >= 4 is 0 Å². The van der Waals surface area contributed by atoms with E-state index in [1.807, 2.05) is 12.1 Å². The van der Waals surface area contributed by atoms with Crippen molar-refractivity contribution in [2.24, 2.45) is 0 Å². The maximum Gasteiger partial charge on any atom is 0.137 e.